The van der Waals surface area contributed by atoms with Crippen LogP contribution in [0.2, 0.25) is 0 Å². The predicted octanol–water partition coefficient (Wildman–Crippen LogP) is 3.35. The highest BCUT2D eigenvalue weighted by Gasteiger charge is 2.17. The fourth-order valence-electron chi connectivity index (χ4n) is 3.27. The molecule has 1 aromatic heterocycles. The molecule has 1 saturated heterocycles. The highest BCUT2D eigenvalue weighted by molar-refractivity contribution is 14.0. The lowest BCUT2D eigenvalue weighted by molar-refractivity contribution is 0.166. The molecule has 0 saturated carbocycles. The van der Waals surface area contributed by atoms with Gasteiger partial charge in [-0.15, -0.1) is 24.0 Å². The second-order valence-electron chi connectivity index (χ2n) is 7.85. The number of pyridine rings is 1. The first-order valence-electron chi connectivity index (χ1n) is 10.4. The maximum atomic E-state index is 6.14. The van der Waals surface area contributed by atoms with E-state index in [0.29, 0.717) is 25.6 Å². The monoisotopic (exact) mass is 539 g/mol. The maximum Gasteiger partial charge on any atom is 0.191 e. The molecular weight excluding hydrogens is 505 g/mol. The van der Waals surface area contributed by atoms with Crippen LogP contribution in [0.1, 0.15) is 23.1 Å². The van der Waals surface area contributed by atoms with Crippen molar-refractivity contribution in [3.63, 3.8) is 0 Å². The van der Waals surface area contributed by atoms with Crippen LogP contribution in [0.4, 0.5) is 5.82 Å². The van der Waals surface area contributed by atoms with E-state index in [4.69, 9.17) is 9.47 Å². The van der Waals surface area contributed by atoms with Crippen LogP contribution in [0.15, 0.2) is 41.5 Å². The van der Waals surface area contributed by atoms with Gasteiger partial charge < -0.3 is 25.0 Å². The number of hydrogen-bond acceptors (Lipinski definition) is 5. The van der Waals surface area contributed by atoms with E-state index in [0.717, 1.165) is 48.3 Å². The minimum absolute atomic E-state index is 0. The number of halogens is 1. The Morgan fingerprint density at radius 1 is 1.23 bits per heavy atom. The van der Waals surface area contributed by atoms with Gasteiger partial charge >= 0.3 is 0 Å². The lowest BCUT2D eigenvalue weighted by Crippen LogP contribution is -2.36. The van der Waals surface area contributed by atoms with E-state index in [2.05, 4.69) is 51.8 Å². The summed E-state index contributed by atoms with van der Waals surface area (Å²) in [6.07, 6.45) is 2.90. The largest absolute Gasteiger partial charge is 0.493 e. The molecule has 0 spiro atoms. The number of anilines is 1. The van der Waals surface area contributed by atoms with Gasteiger partial charge in [-0.25, -0.2) is 4.98 Å². The highest BCUT2D eigenvalue weighted by Crippen LogP contribution is 2.22. The highest BCUT2D eigenvalue weighted by atomic mass is 127. The summed E-state index contributed by atoms with van der Waals surface area (Å²) in [5.41, 5.74) is 3.45. The topological polar surface area (TPSA) is 71.0 Å². The molecule has 2 aromatic rings. The van der Waals surface area contributed by atoms with Crippen LogP contribution in [0.5, 0.6) is 5.75 Å². The smallest absolute Gasteiger partial charge is 0.191 e. The molecule has 170 valence electrons. The first-order valence-corrected chi connectivity index (χ1v) is 10.4. The summed E-state index contributed by atoms with van der Waals surface area (Å²) < 4.78 is 11.6. The Morgan fingerprint density at radius 2 is 2.03 bits per heavy atom. The van der Waals surface area contributed by atoms with Crippen molar-refractivity contribution in [1.29, 1.82) is 0 Å². The number of aliphatic imine (C=N–C) groups is 1. The Labute approximate surface area is 202 Å². The first-order chi connectivity index (χ1) is 14.5. The van der Waals surface area contributed by atoms with Crippen molar-refractivity contribution in [3.05, 3.63) is 53.2 Å². The van der Waals surface area contributed by atoms with Gasteiger partial charge in [-0.05, 0) is 42.7 Å². The normalized spacial score (nSPS) is 15.9. The average molecular weight is 539 g/mol. The zero-order valence-corrected chi connectivity index (χ0v) is 21.2. The number of benzene rings is 1. The number of aryl methyl sites for hydroxylation is 1. The van der Waals surface area contributed by atoms with Crippen molar-refractivity contribution in [3.8, 4) is 5.75 Å². The second kappa shape index (κ2) is 12.7. The number of aromatic nitrogens is 1. The third kappa shape index (κ3) is 7.84. The Bertz CT molecular complexity index is 854. The van der Waals surface area contributed by atoms with Crippen molar-refractivity contribution in [2.75, 3.05) is 45.9 Å². The number of guanidine groups is 1. The summed E-state index contributed by atoms with van der Waals surface area (Å²) in [4.78, 5) is 10.7. The quantitative estimate of drug-likeness (QED) is 0.305. The van der Waals surface area contributed by atoms with E-state index in [1.54, 1.807) is 7.05 Å². The number of rotatable bonds is 8. The molecule has 1 atom stereocenters. The molecule has 2 N–H and O–H groups in total. The molecule has 1 aliphatic rings. The number of nitrogens with one attached hydrogen (secondary N) is 2. The third-order valence-corrected chi connectivity index (χ3v) is 5.12. The summed E-state index contributed by atoms with van der Waals surface area (Å²) in [5, 5.41) is 6.75. The Kier molecular flexibility index (Phi) is 10.3. The molecule has 1 aromatic carbocycles. The Morgan fingerprint density at radius 3 is 2.74 bits per heavy atom. The molecule has 0 aliphatic carbocycles. The van der Waals surface area contributed by atoms with Crippen LogP contribution in [0.3, 0.4) is 0 Å². The van der Waals surface area contributed by atoms with E-state index in [9.17, 15) is 0 Å². The van der Waals surface area contributed by atoms with E-state index in [1.165, 1.54) is 5.56 Å². The Balaban J connectivity index is 0.00000341. The summed E-state index contributed by atoms with van der Waals surface area (Å²) in [7, 11) is 5.75. The summed E-state index contributed by atoms with van der Waals surface area (Å²) in [6, 6.07) is 10.4. The molecule has 0 amide bonds. The lowest BCUT2D eigenvalue weighted by atomic mass is 10.1. The van der Waals surface area contributed by atoms with Crippen LogP contribution < -0.4 is 20.3 Å². The van der Waals surface area contributed by atoms with Crippen LogP contribution in [-0.2, 0) is 17.8 Å². The maximum absolute atomic E-state index is 6.14. The molecule has 3 rings (SSSR count). The Hall–Kier alpha value is -2.07. The van der Waals surface area contributed by atoms with Crippen LogP contribution in [-0.4, -0.2) is 51.9 Å². The molecule has 2 heterocycles. The van der Waals surface area contributed by atoms with E-state index >= 15 is 0 Å². The molecule has 0 bridgehead atoms. The van der Waals surface area contributed by atoms with Crippen LogP contribution in [0, 0.1) is 12.8 Å². The van der Waals surface area contributed by atoms with Crippen molar-refractivity contribution in [2.24, 2.45) is 10.9 Å². The van der Waals surface area contributed by atoms with Crippen LogP contribution >= 0.6 is 24.0 Å². The van der Waals surface area contributed by atoms with E-state index in [-0.39, 0.29) is 24.0 Å². The molecule has 1 unspecified atom stereocenters. The number of nitrogens with zero attached hydrogens (tertiary/aromatic N) is 3. The van der Waals surface area contributed by atoms with Gasteiger partial charge in [0.05, 0.1) is 13.2 Å². The third-order valence-electron chi connectivity index (χ3n) is 5.12. The molecule has 1 fully saturated rings. The predicted molar refractivity (Wildman–Crippen MR) is 137 cm³/mol. The van der Waals surface area contributed by atoms with Crippen molar-refractivity contribution >= 4 is 35.8 Å². The molecule has 0 radical (unpaired) electrons. The fourth-order valence-corrected chi connectivity index (χ4v) is 3.27. The van der Waals surface area contributed by atoms with Gasteiger partial charge in [-0.1, -0.05) is 12.1 Å². The van der Waals surface area contributed by atoms with Crippen molar-refractivity contribution < 1.29 is 9.47 Å². The average Bonchev–Trinajstić information content (AvgIpc) is 3.27. The zero-order valence-electron chi connectivity index (χ0n) is 18.9. The summed E-state index contributed by atoms with van der Waals surface area (Å²) in [5.74, 6) is 3.09. The number of hydrogen-bond donors (Lipinski definition) is 2. The SMILES string of the molecule is CN=C(NCc1ccnc(N(C)C)c1)NCc1ccc(C)cc1OCC1CCOC1.I. The zero-order chi connectivity index (χ0) is 21.3. The minimum atomic E-state index is 0. The van der Waals surface area contributed by atoms with Crippen molar-refractivity contribution in [2.45, 2.75) is 26.4 Å². The van der Waals surface area contributed by atoms with Crippen LogP contribution in [0.25, 0.3) is 0 Å². The summed E-state index contributed by atoms with van der Waals surface area (Å²) in [6.45, 7) is 5.71. The molecule has 1 aliphatic heterocycles. The van der Waals surface area contributed by atoms with E-state index < -0.39 is 0 Å². The van der Waals surface area contributed by atoms with Crippen molar-refractivity contribution in [1.82, 2.24) is 15.6 Å². The lowest BCUT2D eigenvalue weighted by Gasteiger charge is -2.17. The minimum Gasteiger partial charge on any atom is -0.493 e. The van der Waals surface area contributed by atoms with E-state index in [1.807, 2.05) is 31.3 Å². The molecule has 7 nitrogen and oxygen atoms in total. The van der Waals surface area contributed by atoms with Gasteiger partial charge in [0, 0.05) is 58.5 Å². The van der Waals surface area contributed by atoms with Gasteiger partial charge in [0.25, 0.3) is 0 Å². The fraction of sp³-hybridized carbons (Fsp3) is 0.478. The number of ether oxygens (including phenoxy) is 2. The standard InChI is InChI=1S/C23H33N5O2.HI/c1-17-5-6-20(21(11-17)30-16-19-8-10-29-15-19)14-27-23(24-2)26-13-18-7-9-25-22(12-18)28(3)4;/h5-7,9,11-12,19H,8,10,13-16H2,1-4H3,(H2,24,26,27);1H. The molecule has 31 heavy (non-hydrogen) atoms. The summed E-state index contributed by atoms with van der Waals surface area (Å²) >= 11 is 0. The molecule has 8 heteroatoms. The van der Waals surface area contributed by atoms with Gasteiger partial charge in [-0.3, -0.25) is 4.99 Å². The first kappa shape index (κ1) is 25.2. The van der Waals surface area contributed by atoms with Gasteiger partial charge in [0.2, 0.25) is 0 Å². The molecular formula is C23H34IN5O2. The van der Waals surface area contributed by atoms with Gasteiger partial charge in [0.15, 0.2) is 5.96 Å². The van der Waals surface area contributed by atoms with Gasteiger partial charge in [0.1, 0.15) is 11.6 Å². The van der Waals surface area contributed by atoms with Gasteiger partial charge in [-0.2, -0.15) is 0 Å². The second-order valence-corrected chi connectivity index (χ2v) is 7.85.